The molecule has 1 aromatic rings. The lowest BCUT2D eigenvalue weighted by Gasteiger charge is -2.21. The molecule has 0 bridgehead atoms. The topological polar surface area (TPSA) is 41.3 Å². The van der Waals surface area contributed by atoms with Crippen molar-refractivity contribution in [1.82, 2.24) is 4.90 Å². The van der Waals surface area contributed by atoms with Gasteiger partial charge in [0, 0.05) is 24.2 Å². The number of hydrogen-bond donors (Lipinski definition) is 2. The van der Waals surface area contributed by atoms with E-state index in [2.05, 4.69) is 31.1 Å². The smallest absolute Gasteiger partial charge is 0.0575 e. The zero-order valence-electron chi connectivity index (χ0n) is 10.1. The van der Waals surface area contributed by atoms with E-state index in [1.807, 2.05) is 12.1 Å². The van der Waals surface area contributed by atoms with Gasteiger partial charge in [-0.25, -0.2) is 0 Å². The Kier molecular flexibility index (Phi) is 4.90. The monoisotopic (exact) mass is 241 g/mol. The van der Waals surface area contributed by atoms with Gasteiger partial charge in [0.25, 0.3) is 0 Å². The molecule has 0 unspecified atom stereocenters. The molecule has 0 aliphatic rings. The van der Waals surface area contributed by atoms with Gasteiger partial charge in [0.1, 0.15) is 0 Å². The maximum Gasteiger partial charge on any atom is 0.0575 e. The molecule has 0 fully saturated rings. The van der Waals surface area contributed by atoms with Gasteiger partial charge in [0.2, 0.25) is 0 Å². The van der Waals surface area contributed by atoms with Gasteiger partial charge in [-0.15, -0.1) is 0 Å². The van der Waals surface area contributed by atoms with Crippen molar-refractivity contribution in [1.29, 1.82) is 0 Å². The summed E-state index contributed by atoms with van der Waals surface area (Å²) >= 11 is 5.83. The van der Waals surface area contributed by atoms with Gasteiger partial charge in [0.05, 0.1) is 11.4 Å². The van der Waals surface area contributed by atoms with Crippen LogP contribution < -0.4 is 11.1 Å². The fourth-order valence-corrected chi connectivity index (χ4v) is 1.50. The minimum atomic E-state index is 0.560. The van der Waals surface area contributed by atoms with Gasteiger partial charge in [-0.1, -0.05) is 11.6 Å². The van der Waals surface area contributed by atoms with Crippen molar-refractivity contribution in [3.05, 3.63) is 23.2 Å². The zero-order valence-corrected chi connectivity index (χ0v) is 10.9. The van der Waals surface area contributed by atoms with Crippen LogP contribution in [0.25, 0.3) is 0 Å². The molecule has 3 N–H and O–H groups in total. The van der Waals surface area contributed by atoms with Crippen LogP contribution >= 0.6 is 11.6 Å². The summed E-state index contributed by atoms with van der Waals surface area (Å²) < 4.78 is 0. The largest absolute Gasteiger partial charge is 0.397 e. The third-order valence-electron chi connectivity index (χ3n) is 2.68. The molecule has 4 heteroatoms. The van der Waals surface area contributed by atoms with Crippen LogP contribution in [0.3, 0.4) is 0 Å². The van der Waals surface area contributed by atoms with E-state index in [1.54, 1.807) is 6.07 Å². The molecule has 0 aliphatic heterocycles. The van der Waals surface area contributed by atoms with Crippen molar-refractivity contribution in [3.63, 3.8) is 0 Å². The predicted octanol–water partition coefficient (Wildman–Crippen LogP) is 2.67. The molecule has 1 aromatic carbocycles. The first-order valence-corrected chi connectivity index (χ1v) is 5.87. The Morgan fingerprint density at radius 3 is 2.69 bits per heavy atom. The molecule has 0 atom stereocenters. The number of nitrogens with zero attached hydrogens (tertiary/aromatic N) is 1. The molecule has 0 heterocycles. The third kappa shape index (κ3) is 3.91. The van der Waals surface area contributed by atoms with Crippen molar-refractivity contribution in [3.8, 4) is 0 Å². The summed E-state index contributed by atoms with van der Waals surface area (Å²) in [6, 6.07) is 6.07. The van der Waals surface area contributed by atoms with Crippen LogP contribution in [0.2, 0.25) is 5.02 Å². The number of likely N-dealkylation sites (N-methyl/N-ethyl adjacent to an activating group) is 1. The fraction of sp³-hybridized carbons (Fsp3) is 0.500. The Bertz CT molecular complexity index is 339. The Hall–Kier alpha value is -0.930. The molecular weight excluding hydrogens is 222 g/mol. The average Bonchev–Trinajstić information content (AvgIpc) is 2.20. The highest BCUT2D eigenvalue weighted by Crippen LogP contribution is 2.22. The summed E-state index contributed by atoms with van der Waals surface area (Å²) in [6.07, 6.45) is 0. The number of anilines is 2. The van der Waals surface area contributed by atoms with Crippen LogP contribution in [0.1, 0.15) is 13.8 Å². The second-order valence-electron chi connectivity index (χ2n) is 4.23. The lowest BCUT2D eigenvalue weighted by atomic mass is 10.2. The zero-order chi connectivity index (χ0) is 12.1. The second-order valence-corrected chi connectivity index (χ2v) is 4.67. The Labute approximate surface area is 103 Å². The van der Waals surface area contributed by atoms with Crippen LogP contribution in [0.5, 0.6) is 0 Å². The number of halogens is 1. The van der Waals surface area contributed by atoms with Gasteiger partial charge in [-0.3, -0.25) is 0 Å². The van der Waals surface area contributed by atoms with Crippen LogP contribution in [-0.2, 0) is 0 Å². The maximum absolute atomic E-state index is 5.84. The molecule has 0 spiro atoms. The molecule has 0 saturated carbocycles. The van der Waals surface area contributed by atoms with Crippen molar-refractivity contribution in [2.24, 2.45) is 0 Å². The number of nitrogens with two attached hydrogens (primary N) is 1. The number of hydrogen-bond acceptors (Lipinski definition) is 3. The second kappa shape index (κ2) is 5.97. The lowest BCUT2D eigenvalue weighted by Crippen LogP contribution is -2.31. The summed E-state index contributed by atoms with van der Waals surface area (Å²) in [7, 11) is 2.11. The van der Waals surface area contributed by atoms with Gasteiger partial charge in [-0.05, 0) is 39.1 Å². The summed E-state index contributed by atoms with van der Waals surface area (Å²) in [5.74, 6) is 0. The first-order chi connectivity index (χ1) is 7.50. The summed E-state index contributed by atoms with van der Waals surface area (Å²) in [4.78, 5) is 2.28. The van der Waals surface area contributed by atoms with E-state index < -0.39 is 0 Å². The van der Waals surface area contributed by atoms with Gasteiger partial charge >= 0.3 is 0 Å². The molecule has 16 heavy (non-hydrogen) atoms. The van der Waals surface area contributed by atoms with E-state index in [0.717, 1.165) is 18.8 Å². The lowest BCUT2D eigenvalue weighted by molar-refractivity contribution is 0.284. The highest BCUT2D eigenvalue weighted by molar-refractivity contribution is 6.31. The van der Waals surface area contributed by atoms with Crippen molar-refractivity contribution in [2.75, 3.05) is 31.2 Å². The maximum atomic E-state index is 5.84. The molecule has 90 valence electrons. The number of benzene rings is 1. The number of rotatable bonds is 5. The van der Waals surface area contributed by atoms with E-state index in [9.17, 15) is 0 Å². The first kappa shape index (κ1) is 13.1. The highest BCUT2D eigenvalue weighted by Gasteiger charge is 2.03. The van der Waals surface area contributed by atoms with Crippen LogP contribution in [-0.4, -0.2) is 31.1 Å². The Balaban J connectivity index is 2.43. The molecule has 1 rings (SSSR count). The van der Waals surface area contributed by atoms with Crippen LogP contribution in [0.15, 0.2) is 18.2 Å². The average molecular weight is 242 g/mol. The summed E-state index contributed by atoms with van der Waals surface area (Å²) in [6.45, 7) is 6.22. The van der Waals surface area contributed by atoms with Gasteiger partial charge < -0.3 is 16.0 Å². The SMILES string of the molecule is CC(C)N(C)CCNc1ccc(Cl)cc1N. The molecule has 0 aliphatic carbocycles. The molecule has 0 radical (unpaired) electrons. The molecular formula is C12H20ClN3. The minimum absolute atomic E-state index is 0.560. The third-order valence-corrected chi connectivity index (χ3v) is 2.91. The normalized spacial score (nSPS) is 11.1. The van der Waals surface area contributed by atoms with E-state index in [-0.39, 0.29) is 0 Å². The van der Waals surface area contributed by atoms with E-state index in [4.69, 9.17) is 17.3 Å². The minimum Gasteiger partial charge on any atom is -0.397 e. The number of nitrogens with one attached hydrogen (secondary N) is 1. The molecule has 0 aromatic heterocycles. The summed E-state index contributed by atoms with van der Waals surface area (Å²) in [5, 5.41) is 3.97. The van der Waals surface area contributed by atoms with E-state index >= 15 is 0 Å². The summed E-state index contributed by atoms with van der Waals surface area (Å²) in [5.41, 5.74) is 7.48. The Morgan fingerprint density at radius 1 is 1.44 bits per heavy atom. The number of nitrogen functional groups attached to an aromatic ring is 1. The van der Waals surface area contributed by atoms with E-state index in [0.29, 0.717) is 16.8 Å². The van der Waals surface area contributed by atoms with Crippen LogP contribution in [0, 0.1) is 0 Å². The first-order valence-electron chi connectivity index (χ1n) is 5.50. The quantitative estimate of drug-likeness (QED) is 0.779. The van der Waals surface area contributed by atoms with Gasteiger partial charge in [0.15, 0.2) is 0 Å². The fourth-order valence-electron chi connectivity index (χ4n) is 1.32. The predicted molar refractivity (Wildman–Crippen MR) is 72.1 cm³/mol. The van der Waals surface area contributed by atoms with Gasteiger partial charge in [-0.2, -0.15) is 0 Å². The molecule has 0 saturated heterocycles. The van der Waals surface area contributed by atoms with Crippen molar-refractivity contribution < 1.29 is 0 Å². The van der Waals surface area contributed by atoms with Crippen LogP contribution in [0.4, 0.5) is 11.4 Å². The van der Waals surface area contributed by atoms with Crippen molar-refractivity contribution in [2.45, 2.75) is 19.9 Å². The molecule has 3 nitrogen and oxygen atoms in total. The van der Waals surface area contributed by atoms with E-state index in [1.165, 1.54) is 0 Å². The molecule has 0 amide bonds. The standard InChI is InChI=1S/C12H20ClN3/c1-9(2)16(3)7-6-15-12-5-4-10(13)8-11(12)14/h4-5,8-9,15H,6-7,14H2,1-3H3. The highest BCUT2D eigenvalue weighted by atomic mass is 35.5. The Morgan fingerprint density at radius 2 is 2.12 bits per heavy atom. The van der Waals surface area contributed by atoms with Crippen molar-refractivity contribution >= 4 is 23.0 Å².